The van der Waals surface area contributed by atoms with Gasteiger partial charge in [0.1, 0.15) is 5.60 Å². The summed E-state index contributed by atoms with van der Waals surface area (Å²) in [4.78, 5) is 15.9. The molecular formula is C25H46N6O3. The second kappa shape index (κ2) is 13.5. The highest BCUT2D eigenvalue weighted by Crippen LogP contribution is 2.13. The molecule has 1 saturated heterocycles. The summed E-state index contributed by atoms with van der Waals surface area (Å²) in [6.07, 6.45) is 3.77. The van der Waals surface area contributed by atoms with Crippen molar-refractivity contribution in [3.05, 3.63) is 29.7 Å². The van der Waals surface area contributed by atoms with E-state index in [9.17, 15) is 4.79 Å². The second-order valence-electron chi connectivity index (χ2n) is 10.5. The summed E-state index contributed by atoms with van der Waals surface area (Å²) < 4.78 is 12.3. The molecule has 0 unspecified atom stereocenters. The Balaban J connectivity index is 0.000000274. The van der Waals surface area contributed by atoms with Gasteiger partial charge < -0.3 is 14.1 Å². The molecule has 0 bridgehead atoms. The number of piperazine rings is 1. The number of rotatable bonds is 3. The third-order valence-corrected chi connectivity index (χ3v) is 5.12. The lowest BCUT2D eigenvalue weighted by molar-refractivity contribution is 0.0118. The molecule has 0 aromatic carbocycles. The van der Waals surface area contributed by atoms with Gasteiger partial charge >= 0.3 is 6.09 Å². The molecule has 0 spiro atoms. The number of hydrogen-bond acceptors (Lipinski definition) is 7. The van der Waals surface area contributed by atoms with Gasteiger partial charge in [-0.2, -0.15) is 5.10 Å². The van der Waals surface area contributed by atoms with Crippen LogP contribution < -0.4 is 0 Å². The summed E-state index contributed by atoms with van der Waals surface area (Å²) in [5.41, 5.74) is 0.907. The number of nitrogens with zero attached hydrogens (tertiary/aromatic N) is 6. The van der Waals surface area contributed by atoms with Gasteiger partial charge in [0.25, 0.3) is 0 Å². The Morgan fingerprint density at radius 3 is 1.88 bits per heavy atom. The van der Waals surface area contributed by atoms with Gasteiger partial charge in [0.2, 0.25) is 11.8 Å². The maximum absolute atomic E-state index is 11.8. The monoisotopic (exact) mass is 478 g/mol. The lowest BCUT2D eigenvalue weighted by atomic mass is 10.1. The van der Waals surface area contributed by atoms with E-state index >= 15 is 0 Å². The fraction of sp³-hybridized carbons (Fsp3) is 0.760. The Morgan fingerprint density at radius 2 is 1.59 bits per heavy atom. The lowest BCUT2D eigenvalue weighted by Gasteiger charge is -2.37. The maximum atomic E-state index is 11.8. The number of ether oxygens (including phenoxy) is 1. The third-order valence-electron chi connectivity index (χ3n) is 5.12. The fourth-order valence-electron chi connectivity index (χ4n) is 3.03. The van der Waals surface area contributed by atoms with Crippen molar-refractivity contribution in [2.45, 2.75) is 92.7 Å². The topological polar surface area (TPSA) is 89.5 Å². The highest BCUT2D eigenvalue weighted by molar-refractivity contribution is 5.68. The van der Waals surface area contributed by atoms with E-state index in [4.69, 9.17) is 9.15 Å². The Bertz CT molecular complexity index is 799. The molecular weight excluding hydrogens is 432 g/mol. The average molecular weight is 479 g/mol. The molecule has 0 radical (unpaired) electrons. The Morgan fingerprint density at radius 1 is 1.00 bits per heavy atom. The number of carbonyl (C=O) groups excluding carboxylic acids is 1. The molecule has 1 aliphatic rings. The first-order valence-corrected chi connectivity index (χ1v) is 12.2. The molecule has 9 nitrogen and oxygen atoms in total. The van der Waals surface area contributed by atoms with Crippen molar-refractivity contribution >= 4 is 6.09 Å². The average Bonchev–Trinajstić information content (AvgIpc) is 3.36. The molecule has 0 aliphatic carbocycles. The predicted molar refractivity (Wildman–Crippen MR) is 135 cm³/mol. The molecule has 2 aromatic heterocycles. The largest absolute Gasteiger partial charge is 0.444 e. The molecule has 1 aliphatic heterocycles. The van der Waals surface area contributed by atoms with Gasteiger partial charge in [0.15, 0.2) is 0 Å². The normalized spacial score (nSPS) is 14.6. The van der Waals surface area contributed by atoms with Gasteiger partial charge in [-0.25, -0.2) is 4.79 Å². The molecule has 2 aromatic rings. The van der Waals surface area contributed by atoms with E-state index in [0.717, 1.165) is 26.2 Å². The van der Waals surface area contributed by atoms with E-state index in [1.54, 1.807) is 11.8 Å². The zero-order valence-corrected chi connectivity index (χ0v) is 23.1. The first-order chi connectivity index (χ1) is 15.7. The van der Waals surface area contributed by atoms with E-state index in [1.165, 1.54) is 5.56 Å². The fourth-order valence-corrected chi connectivity index (χ4v) is 3.03. The molecule has 1 fully saturated rings. The number of hydrogen-bond donors (Lipinski definition) is 0. The lowest BCUT2D eigenvalue weighted by Crippen LogP contribution is -2.51. The van der Waals surface area contributed by atoms with Crippen LogP contribution >= 0.6 is 0 Å². The van der Waals surface area contributed by atoms with Crippen LogP contribution in [0.1, 0.15) is 91.5 Å². The molecule has 0 N–H and O–H groups in total. The standard InChI is InChI=1S/C12H24N2O2.C7H12N2.C6H10N2O/c1-10(2)13-6-8-14(9-7-13)11(15)16-12(3,4)5;1-6(2)7-4-8-9(3)5-7;1-4(2)6-8-7-5(3)9-6/h10H,6-9H2,1-5H3;4-6H,1-3H3;4H,1-3H3. The predicted octanol–water partition coefficient (Wildman–Crippen LogP) is 4.99. The Kier molecular flexibility index (Phi) is 11.7. The molecule has 3 rings (SSSR count). The second-order valence-corrected chi connectivity index (χ2v) is 10.5. The van der Waals surface area contributed by atoms with Crippen molar-refractivity contribution in [2.24, 2.45) is 7.05 Å². The Hall–Kier alpha value is -2.42. The smallest absolute Gasteiger partial charge is 0.410 e. The first kappa shape index (κ1) is 29.6. The minimum absolute atomic E-state index is 0.184. The first-order valence-electron chi connectivity index (χ1n) is 12.2. The maximum Gasteiger partial charge on any atom is 0.410 e. The minimum atomic E-state index is -0.397. The van der Waals surface area contributed by atoms with Crippen LogP contribution in [0.2, 0.25) is 0 Å². The molecule has 0 saturated carbocycles. The molecule has 1 amide bonds. The van der Waals surface area contributed by atoms with E-state index in [2.05, 4.69) is 47.9 Å². The summed E-state index contributed by atoms with van der Waals surface area (Å²) in [5, 5.41) is 11.6. The number of carbonyl (C=O) groups is 1. The van der Waals surface area contributed by atoms with Gasteiger partial charge in [-0.15, -0.1) is 10.2 Å². The van der Waals surface area contributed by atoms with Crippen molar-refractivity contribution < 1.29 is 13.9 Å². The number of aromatic nitrogens is 4. The van der Waals surface area contributed by atoms with Gasteiger partial charge in [0, 0.05) is 58.3 Å². The molecule has 34 heavy (non-hydrogen) atoms. The highest BCUT2D eigenvalue weighted by atomic mass is 16.6. The van der Waals surface area contributed by atoms with Crippen molar-refractivity contribution in [3.63, 3.8) is 0 Å². The molecule has 3 heterocycles. The quantitative estimate of drug-likeness (QED) is 0.614. The zero-order chi connectivity index (χ0) is 26.1. The summed E-state index contributed by atoms with van der Waals surface area (Å²) >= 11 is 0. The molecule has 0 atom stereocenters. The van der Waals surface area contributed by atoms with Crippen molar-refractivity contribution in [1.29, 1.82) is 0 Å². The Labute approximate surface area is 205 Å². The van der Waals surface area contributed by atoms with Crippen LogP contribution in [0.25, 0.3) is 0 Å². The van der Waals surface area contributed by atoms with Gasteiger partial charge in [-0.1, -0.05) is 27.7 Å². The van der Waals surface area contributed by atoms with Crippen LogP contribution in [0.5, 0.6) is 0 Å². The summed E-state index contributed by atoms with van der Waals surface area (Å²) in [7, 11) is 1.94. The van der Waals surface area contributed by atoms with Crippen molar-refractivity contribution in [3.8, 4) is 0 Å². The van der Waals surface area contributed by atoms with E-state index < -0.39 is 5.60 Å². The summed E-state index contributed by atoms with van der Waals surface area (Å²) in [6.45, 7) is 23.6. The number of aryl methyl sites for hydroxylation is 2. The third kappa shape index (κ3) is 11.1. The molecule has 194 valence electrons. The van der Waals surface area contributed by atoms with Gasteiger partial charge in [-0.05, 0) is 46.1 Å². The van der Waals surface area contributed by atoms with Crippen LogP contribution in [0.15, 0.2) is 16.8 Å². The van der Waals surface area contributed by atoms with Gasteiger partial charge in [-0.3, -0.25) is 9.58 Å². The van der Waals surface area contributed by atoms with Crippen molar-refractivity contribution in [2.75, 3.05) is 26.2 Å². The van der Waals surface area contributed by atoms with Crippen LogP contribution in [-0.2, 0) is 11.8 Å². The van der Waals surface area contributed by atoms with E-state index in [-0.39, 0.29) is 6.09 Å². The zero-order valence-electron chi connectivity index (χ0n) is 23.1. The van der Waals surface area contributed by atoms with Crippen LogP contribution in [0.4, 0.5) is 4.79 Å². The summed E-state index contributed by atoms with van der Waals surface area (Å²) in [6, 6.07) is 0.556. The number of amides is 1. The SMILES string of the molecule is CC(C)N1CCN(C(=O)OC(C)(C)C)CC1.CC(C)c1cnn(C)c1.Cc1nnc(C(C)C)o1. The van der Waals surface area contributed by atoms with Crippen LogP contribution in [0.3, 0.4) is 0 Å². The van der Waals surface area contributed by atoms with E-state index in [1.807, 2.05) is 58.7 Å². The van der Waals surface area contributed by atoms with Crippen molar-refractivity contribution in [1.82, 2.24) is 29.8 Å². The minimum Gasteiger partial charge on any atom is -0.444 e. The van der Waals surface area contributed by atoms with Crippen LogP contribution in [0, 0.1) is 6.92 Å². The summed E-state index contributed by atoms with van der Waals surface area (Å²) in [5.74, 6) is 2.29. The molecule has 9 heteroatoms. The van der Waals surface area contributed by atoms with Crippen LogP contribution in [-0.4, -0.2) is 73.7 Å². The highest BCUT2D eigenvalue weighted by Gasteiger charge is 2.26. The van der Waals surface area contributed by atoms with Gasteiger partial charge in [0.05, 0.1) is 6.20 Å². The van der Waals surface area contributed by atoms with E-state index in [0.29, 0.717) is 29.7 Å².